The second-order valence-electron chi connectivity index (χ2n) is 2.98. The molecule has 0 saturated heterocycles. The molecule has 0 aliphatic carbocycles. The third-order valence-corrected chi connectivity index (χ3v) is 2.54. The highest BCUT2D eigenvalue weighted by Crippen LogP contribution is 2.13. The summed E-state index contributed by atoms with van der Waals surface area (Å²) in [5.41, 5.74) is 0. The van der Waals surface area contributed by atoms with E-state index in [0.29, 0.717) is 18.4 Å². The molecule has 0 aromatic carbocycles. The van der Waals surface area contributed by atoms with E-state index in [1.807, 2.05) is 0 Å². The minimum Gasteiger partial charge on any atom is -0.377 e. The SMILES string of the molecule is C=CCOCC(CBr)C(C)C. The van der Waals surface area contributed by atoms with Crippen molar-refractivity contribution in [1.29, 1.82) is 0 Å². The summed E-state index contributed by atoms with van der Waals surface area (Å²) in [7, 11) is 0. The van der Waals surface area contributed by atoms with E-state index in [-0.39, 0.29) is 0 Å². The zero-order valence-electron chi connectivity index (χ0n) is 7.35. The van der Waals surface area contributed by atoms with Crippen LogP contribution in [0.15, 0.2) is 12.7 Å². The van der Waals surface area contributed by atoms with Crippen LogP contribution in [0.5, 0.6) is 0 Å². The molecule has 1 atom stereocenters. The molecular weight excluding hydrogens is 204 g/mol. The Bertz CT molecular complexity index is 102. The lowest BCUT2D eigenvalue weighted by atomic mass is 9.99. The molecule has 2 heteroatoms. The number of alkyl halides is 1. The molecule has 1 unspecified atom stereocenters. The summed E-state index contributed by atoms with van der Waals surface area (Å²) in [4.78, 5) is 0. The smallest absolute Gasteiger partial charge is 0.0644 e. The van der Waals surface area contributed by atoms with Crippen LogP contribution in [0.4, 0.5) is 0 Å². The van der Waals surface area contributed by atoms with E-state index in [9.17, 15) is 0 Å². The van der Waals surface area contributed by atoms with Crippen LogP contribution in [0.1, 0.15) is 13.8 Å². The van der Waals surface area contributed by atoms with Gasteiger partial charge in [0.15, 0.2) is 0 Å². The lowest BCUT2D eigenvalue weighted by molar-refractivity contribution is 0.114. The average molecular weight is 221 g/mol. The highest BCUT2D eigenvalue weighted by Gasteiger charge is 2.10. The number of hydrogen-bond donors (Lipinski definition) is 0. The van der Waals surface area contributed by atoms with Crippen molar-refractivity contribution in [3.8, 4) is 0 Å². The van der Waals surface area contributed by atoms with Gasteiger partial charge in [-0.2, -0.15) is 0 Å². The Hall–Kier alpha value is 0.180. The molecule has 66 valence electrons. The molecule has 0 amide bonds. The molecule has 0 spiro atoms. The van der Waals surface area contributed by atoms with Gasteiger partial charge in [0, 0.05) is 5.33 Å². The molecule has 0 saturated carbocycles. The first-order valence-corrected chi connectivity index (χ1v) is 5.09. The molecule has 0 radical (unpaired) electrons. The molecule has 0 aliphatic heterocycles. The van der Waals surface area contributed by atoms with E-state index < -0.39 is 0 Å². The maximum atomic E-state index is 5.35. The Morgan fingerprint density at radius 3 is 2.55 bits per heavy atom. The molecule has 11 heavy (non-hydrogen) atoms. The Balaban J connectivity index is 3.43. The van der Waals surface area contributed by atoms with Gasteiger partial charge in [-0.05, 0) is 11.8 Å². The van der Waals surface area contributed by atoms with Crippen molar-refractivity contribution in [1.82, 2.24) is 0 Å². The first-order chi connectivity index (χ1) is 5.22. The normalized spacial score (nSPS) is 13.5. The first-order valence-electron chi connectivity index (χ1n) is 3.97. The summed E-state index contributed by atoms with van der Waals surface area (Å²) >= 11 is 3.46. The standard InChI is InChI=1S/C9H17BrO/c1-4-5-11-7-9(6-10)8(2)3/h4,8-9H,1,5-7H2,2-3H3. The molecular formula is C9H17BrO. The van der Waals surface area contributed by atoms with E-state index in [0.717, 1.165) is 11.9 Å². The maximum Gasteiger partial charge on any atom is 0.0644 e. The Morgan fingerprint density at radius 2 is 2.18 bits per heavy atom. The van der Waals surface area contributed by atoms with Gasteiger partial charge in [0.05, 0.1) is 13.2 Å². The van der Waals surface area contributed by atoms with Crippen LogP contribution >= 0.6 is 15.9 Å². The third kappa shape index (κ3) is 5.45. The molecule has 0 fully saturated rings. The fourth-order valence-electron chi connectivity index (χ4n) is 0.718. The topological polar surface area (TPSA) is 9.23 Å². The second-order valence-corrected chi connectivity index (χ2v) is 3.63. The van der Waals surface area contributed by atoms with E-state index >= 15 is 0 Å². The molecule has 0 aromatic heterocycles. The molecule has 0 aliphatic rings. The van der Waals surface area contributed by atoms with Crippen LogP contribution in [0.25, 0.3) is 0 Å². The van der Waals surface area contributed by atoms with Gasteiger partial charge in [0.2, 0.25) is 0 Å². The second kappa shape index (κ2) is 6.86. The van der Waals surface area contributed by atoms with Gasteiger partial charge in [-0.1, -0.05) is 35.9 Å². The summed E-state index contributed by atoms with van der Waals surface area (Å²) in [6.07, 6.45) is 1.78. The van der Waals surface area contributed by atoms with E-state index in [4.69, 9.17) is 4.74 Å². The van der Waals surface area contributed by atoms with Crippen LogP contribution in [0.3, 0.4) is 0 Å². The fraction of sp³-hybridized carbons (Fsp3) is 0.778. The van der Waals surface area contributed by atoms with Crippen molar-refractivity contribution in [2.45, 2.75) is 13.8 Å². The van der Waals surface area contributed by atoms with E-state index in [1.165, 1.54) is 0 Å². The number of halogens is 1. The maximum absolute atomic E-state index is 5.35. The lowest BCUT2D eigenvalue weighted by Gasteiger charge is -2.17. The van der Waals surface area contributed by atoms with Crippen molar-refractivity contribution < 1.29 is 4.74 Å². The van der Waals surface area contributed by atoms with Gasteiger partial charge in [-0.15, -0.1) is 6.58 Å². The van der Waals surface area contributed by atoms with Crippen LogP contribution in [0.2, 0.25) is 0 Å². The number of hydrogen-bond acceptors (Lipinski definition) is 1. The van der Waals surface area contributed by atoms with Crippen LogP contribution in [-0.4, -0.2) is 18.5 Å². The predicted molar refractivity (Wildman–Crippen MR) is 53.1 cm³/mol. The summed E-state index contributed by atoms with van der Waals surface area (Å²) in [6.45, 7) is 9.51. The molecule has 0 N–H and O–H groups in total. The molecule has 0 rings (SSSR count). The highest BCUT2D eigenvalue weighted by molar-refractivity contribution is 9.09. The van der Waals surface area contributed by atoms with Crippen LogP contribution < -0.4 is 0 Å². The summed E-state index contributed by atoms with van der Waals surface area (Å²) in [5.74, 6) is 1.30. The van der Waals surface area contributed by atoms with Crippen molar-refractivity contribution in [3.05, 3.63) is 12.7 Å². The van der Waals surface area contributed by atoms with Crippen molar-refractivity contribution in [2.24, 2.45) is 11.8 Å². The van der Waals surface area contributed by atoms with Gasteiger partial charge < -0.3 is 4.74 Å². The number of ether oxygens (including phenoxy) is 1. The average Bonchev–Trinajstić information content (AvgIpc) is 1.97. The first kappa shape index (κ1) is 11.2. The monoisotopic (exact) mass is 220 g/mol. The minimum atomic E-state index is 0.620. The highest BCUT2D eigenvalue weighted by atomic mass is 79.9. The minimum absolute atomic E-state index is 0.620. The fourth-order valence-corrected chi connectivity index (χ4v) is 1.65. The van der Waals surface area contributed by atoms with Gasteiger partial charge in [0.25, 0.3) is 0 Å². The molecule has 0 bridgehead atoms. The zero-order chi connectivity index (χ0) is 8.69. The van der Waals surface area contributed by atoms with Gasteiger partial charge in [0.1, 0.15) is 0 Å². The third-order valence-electron chi connectivity index (χ3n) is 1.71. The molecule has 0 aromatic rings. The van der Waals surface area contributed by atoms with Crippen LogP contribution in [0, 0.1) is 11.8 Å². The Kier molecular flexibility index (Phi) is 6.98. The van der Waals surface area contributed by atoms with Crippen LogP contribution in [-0.2, 0) is 4.74 Å². The van der Waals surface area contributed by atoms with Crippen molar-refractivity contribution in [2.75, 3.05) is 18.5 Å². The molecule has 0 heterocycles. The van der Waals surface area contributed by atoms with Gasteiger partial charge in [-0.25, -0.2) is 0 Å². The Labute approximate surface area is 78.0 Å². The summed E-state index contributed by atoms with van der Waals surface area (Å²) in [6, 6.07) is 0. The largest absolute Gasteiger partial charge is 0.377 e. The van der Waals surface area contributed by atoms with Crippen molar-refractivity contribution in [3.63, 3.8) is 0 Å². The van der Waals surface area contributed by atoms with Crippen molar-refractivity contribution >= 4 is 15.9 Å². The number of rotatable bonds is 6. The Morgan fingerprint density at radius 1 is 1.55 bits per heavy atom. The quantitative estimate of drug-likeness (QED) is 0.380. The van der Waals surface area contributed by atoms with E-state index in [1.54, 1.807) is 6.08 Å². The molecule has 1 nitrogen and oxygen atoms in total. The lowest BCUT2D eigenvalue weighted by Crippen LogP contribution is -2.17. The predicted octanol–water partition coefficient (Wildman–Crippen LogP) is 2.86. The van der Waals surface area contributed by atoms with Gasteiger partial charge >= 0.3 is 0 Å². The summed E-state index contributed by atoms with van der Waals surface area (Å²) in [5, 5.41) is 1.02. The summed E-state index contributed by atoms with van der Waals surface area (Å²) < 4.78 is 5.35. The zero-order valence-corrected chi connectivity index (χ0v) is 8.93. The van der Waals surface area contributed by atoms with E-state index in [2.05, 4.69) is 36.4 Å². The van der Waals surface area contributed by atoms with Gasteiger partial charge in [-0.3, -0.25) is 0 Å².